The predicted octanol–water partition coefficient (Wildman–Crippen LogP) is 5.40. The Bertz CT molecular complexity index is 517. The van der Waals surface area contributed by atoms with E-state index in [4.69, 9.17) is 0 Å². The van der Waals surface area contributed by atoms with Crippen LogP contribution < -0.4 is 0 Å². The zero-order valence-corrected chi connectivity index (χ0v) is 15.7. The average Bonchev–Trinajstić information content (AvgIpc) is 2.67. The van der Waals surface area contributed by atoms with Gasteiger partial charge in [0.05, 0.1) is 0 Å². The normalized spacial score (nSPS) is 12.6. The minimum atomic E-state index is 0. The largest absolute Gasteiger partial charge is 0.147 e. The summed E-state index contributed by atoms with van der Waals surface area (Å²) in [6.07, 6.45) is 5.64. The van der Waals surface area contributed by atoms with E-state index in [1.54, 1.807) is 0 Å². The van der Waals surface area contributed by atoms with Crippen LogP contribution in [0.3, 0.4) is 0 Å². The molecule has 1 aromatic carbocycles. The number of hydrogen-bond acceptors (Lipinski definition) is 0. The Balaban J connectivity index is 0. The molecular weight excluding hydrogens is 334 g/mol. The van der Waals surface area contributed by atoms with Crippen molar-refractivity contribution in [1.29, 1.82) is 0 Å². The Hall–Kier alpha value is 0.284. The molecule has 1 aliphatic rings. The Labute approximate surface area is 146 Å². The van der Waals surface area contributed by atoms with Crippen molar-refractivity contribution >= 4 is 42.8 Å². The van der Waals surface area contributed by atoms with Gasteiger partial charge in [0.2, 0.25) is 0 Å². The molecule has 1 aliphatic carbocycles. The van der Waals surface area contributed by atoms with Crippen molar-refractivity contribution in [2.75, 3.05) is 0 Å². The van der Waals surface area contributed by atoms with Gasteiger partial charge in [-0.15, -0.1) is 37.2 Å². The Kier molecular flexibility index (Phi) is 9.70. The van der Waals surface area contributed by atoms with Gasteiger partial charge in [0.15, 0.2) is 0 Å². The second-order valence-corrected chi connectivity index (χ2v) is 5.56. The molecule has 0 amide bonds. The van der Waals surface area contributed by atoms with E-state index in [9.17, 15) is 0 Å². The van der Waals surface area contributed by atoms with Gasteiger partial charge < -0.3 is 0 Å². The fraction of sp³-hybridized carbons (Fsp3) is 0.333. The number of rotatable bonds is 1. The van der Waals surface area contributed by atoms with Crippen LogP contribution in [0.15, 0.2) is 22.1 Å². The summed E-state index contributed by atoms with van der Waals surface area (Å²) >= 11 is 2.24. The van der Waals surface area contributed by atoms with Crippen LogP contribution in [0.1, 0.15) is 34.2 Å². The third-order valence-electron chi connectivity index (χ3n) is 3.70. The average molecular weight is 355 g/mol. The SMILES string of the molecule is Cc1cc(C2=[C]([Ti])CC=C2)c(C)c(C)c1C.Cl.Cl.Cl. The van der Waals surface area contributed by atoms with Crippen molar-refractivity contribution in [3.05, 3.63) is 49.9 Å². The molecule has 0 bridgehead atoms. The van der Waals surface area contributed by atoms with E-state index in [-0.39, 0.29) is 37.2 Å². The van der Waals surface area contributed by atoms with Gasteiger partial charge in [-0.2, -0.15) is 0 Å². The maximum atomic E-state index is 2.34. The molecule has 0 saturated carbocycles. The molecule has 2 rings (SSSR count). The van der Waals surface area contributed by atoms with Crippen LogP contribution in [0.5, 0.6) is 0 Å². The summed E-state index contributed by atoms with van der Waals surface area (Å²) in [5.74, 6) is 0. The first-order valence-electron chi connectivity index (χ1n) is 5.71. The molecule has 19 heavy (non-hydrogen) atoms. The van der Waals surface area contributed by atoms with Crippen LogP contribution >= 0.6 is 37.2 Å². The molecule has 0 nitrogen and oxygen atoms in total. The van der Waals surface area contributed by atoms with Crippen molar-refractivity contribution in [2.24, 2.45) is 0 Å². The third kappa shape index (κ3) is 4.13. The quantitative estimate of drug-likeness (QED) is 0.592. The molecule has 0 radical (unpaired) electrons. The number of benzene rings is 1. The Morgan fingerprint density at radius 1 is 0.895 bits per heavy atom. The molecule has 0 heterocycles. The summed E-state index contributed by atoms with van der Waals surface area (Å²) in [5, 5.41) is 0. The summed E-state index contributed by atoms with van der Waals surface area (Å²) in [7, 11) is 0. The minimum Gasteiger partial charge on any atom is -0.147 e. The second kappa shape index (κ2) is 8.54. The van der Waals surface area contributed by atoms with Crippen molar-refractivity contribution in [2.45, 2.75) is 34.1 Å². The van der Waals surface area contributed by atoms with Crippen LogP contribution in [-0.2, 0) is 20.4 Å². The van der Waals surface area contributed by atoms with Gasteiger partial charge in [-0.25, -0.2) is 0 Å². The smallest absolute Gasteiger partial charge is 0.147 e. The Morgan fingerprint density at radius 2 is 1.47 bits per heavy atom. The fourth-order valence-corrected chi connectivity index (χ4v) is 2.77. The molecule has 105 valence electrons. The predicted molar refractivity (Wildman–Crippen MR) is 87.8 cm³/mol. The van der Waals surface area contributed by atoms with Gasteiger partial charge in [-0.3, -0.25) is 0 Å². The standard InChI is InChI=1S/C15H17.3ClH.Ti/c1-10-9-15(14-7-5-6-8-14)13(4)12(3)11(10)2;;;;/h5,7,9H,6H2,1-4H3;3*1H;. The maximum Gasteiger partial charge on any atom is -0.147 e. The van der Waals surface area contributed by atoms with Crippen LogP contribution in [0.2, 0.25) is 0 Å². The maximum absolute atomic E-state index is 2.34. The third-order valence-corrected chi connectivity index (χ3v) is 4.44. The second-order valence-electron chi connectivity index (χ2n) is 4.61. The van der Waals surface area contributed by atoms with Gasteiger partial charge >= 0.3 is 110 Å². The molecule has 0 N–H and O–H groups in total. The topological polar surface area (TPSA) is 0 Å². The van der Waals surface area contributed by atoms with E-state index < -0.39 is 0 Å². The summed E-state index contributed by atoms with van der Waals surface area (Å²) in [6.45, 7) is 8.90. The summed E-state index contributed by atoms with van der Waals surface area (Å²) in [6, 6.07) is 2.34. The first kappa shape index (κ1) is 21.6. The summed E-state index contributed by atoms with van der Waals surface area (Å²) in [4.78, 5) is 0. The van der Waals surface area contributed by atoms with Gasteiger partial charge in [-0.05, 0) is 0 Å². The molecule has 0 fully saturated rings. The van der Waals surface area contributed by atoms with Crippen LogP contribution in [-0.4, -0.2) is 0 Å². The van der Waals surface area contributed by atoms with E-state index in [1.807, 2.05) is 0 Å². The van der Waals surface area contributed by atoms with Gasteiger partial charge in [-0.1, -0.05) is 0 Å². The van der Waals surface area contributed by atoms with Crippen molar-refractivity contribution in [3.8, 4) is 0 Å². The molecule has 0 atom stereocenters. The zero-order chi connectivity index (χ0) is 11.9. The molecule has 0 saturated heterocycles. The van der Waals surface area contributed by atoms with E-state index in [0.717, 1.165) is 6.42 Å². The van der Waals surface area contributed by atoms with Crippen molar-refractivity contribution in [3.63, 3.8) is 0 Å². The molecule has 4 heteroatoms. The first-order valence-corrected chi connectivity index (χ1v) is 6.49. The number of allylic oxidation sites excluding steroid dienone is 4. The molecule has 0 aromatic heterocycles. The summed E-state index contributed by atoms with van der Waals surface area (Å²) in [5.41, 5.74) is 8.57. The van der Waals surface area contributed by atoms with Gasteiger partial charge in [0, 0.05) is 0 Å². The monoisotopic (exact) mass is 353 g/mol. The number of aryl methyl sites for hydroxylation is 1. The Morgan fingerprint density at radius 3 is 1.95 bits per heavy atom. The molecule has 0 spiro atoms. The summed E-state index contributed by atoms with van der Waals surface area (Å²) < 4.78 is 1.49. The number of halogens is 3. The van der Waals surface area contributed by atoms with Crippen molar-refractivity contribution in [1.82, 2.24) is 0 Å². The van der Waals surface area contributed by atoms with Crippen LogP contribution in [0, 0.1) is 27.7 Å². The molecule has 0 aliphatic heterocycles. The van der Waals surface area contributed by atoms with Gasteiger partial charge in [0.1, 0.15) is 0 Å². The van der Waals surface area contributed by atoms with Gasteiger partial charge in [0.25, 0.3) is 0 Å². The number of hydrogen-bond donors (Lipinski definition) is 0. The molecular formula is C15H20Cl3Ti. The van der Waals surface area contributed by atoms with Crippen molar-refractivity contribution < 1.29 is 20.4 Å². The van der Waals surface area contributed by atoms with E-state index in [1.165, 1.54) is 37.3 Å². The molecule has 0 unspecified atom stereocenters. The molecule has 1 aromatic rings. The zero-order valence-electron chi connectivity index (χ0n) is 11.7. The first-order chi connectivity index (χ1) is 7.52. The van der Waals surface area contributed by atoms with Crippen LogP contribution in [0.4, 0.5) is 0 Å². The van der Waals surface area contributed by atoms with Crippen LogP contribution in [0.25, 0.3) is 5.57 Å². The van der Waals surface area contributed by atoms with E-state index >= 15 is 0 Å². The minimum absolute atomic E-state index is 0. The van der Waals surface area contributed by atoms with E-state index in [2.05, 4.69) is 66.3 Å². The van der Waals surface area contributed by atoms with E-state index in [0.29, 0.717) is 0 Å². The fourth-order valence-electron chi connectivity index (χ4n) is 2.25.